The van der Waals surface area contributed by atoms with Crippen molar-refractivity contribution in [1.29, 1.82) is 0 Å². The maximum Gasteiger partial charge on any atom is 0.340 e. The number of hydrogen-bond acceptors (Lipinski definition) is 5. The molecule has 1 heterocycles. The normalized spacial score (nSPS) is 16.7. The summed E-state index contributed by atoms with van der Waals surface area (Å²) in [5, 5.41) is 0.0551. The number of hydrogen-bond donors (Lipinski definition) is 1. The van der Waals surface area contributed by atoms with Crippen molar-refractivity contribution in [2.24, 2.45) is 0 Å². The van der Waals surface area contributed by atoms with Gasteiger partial charge in [0.2, 0.25) is 10.0 Å². The molecule has 1 N–H and O–H groups in total. The monoisotopic (exact) mass is 402 g/mol. The molecule has 1 fully saturated rings. The van der Waals surface area contributed by atoms with Gasteiger partial charge in [0.05, 0.1) is 15.5 Å². The predicted octanol–water partition coefficient (Wildman–Crippen LogP) is 2.20. The molecule has 144 valence electrons. The zero-order valence-corrected chi connectivity index (χ0v) is 16.4. The summed E-state index contributed by atoms with van der Waals surface area (Å²) in [6.07, 6.45) is 3.06. The Bertz CT molecular complexity index is 773. The van der Waals surface area contributed by atoms with E-state index in [0.717, 1.165) is 31.7 Å². The SMILES string of the molecule is CNS(=O)(=O)c1ccc(Cl)c(C(=O)O[C@@H](C)C(=O)N2CCCCCC2)c1. The van der Waals surface area contributed by atoms with Crippen LogP contribution in [0.15, 0.2) is 23.1 Å². The third-order valence-corrected chi connectivity index (χ3v) is 6.03. The van der Waals surface area contributed by atoms with Crippen LogP contribution in [0.2, 0.25) is 5.02 Å². The summed E-state index contributed by atoms with van der Waals surface area (Å²) in [5.41, 5.74) is -0.0986. The van der Waals surface area contributed by atoms with E-state index in [0.29, 0.717) is 13.1 Å². The van der Waals surface area contributed by atoms with Gasteiger partial charge < -0.3 is 9.64 Å². The van der Waals surface area contributed by atoms with E-state index >= 15 is 0 Å². The van der Waals surface area contributed by atoms with Crippen molar-refractivity contribution in [2.45, 2.75) is 43.6 Å². The van der Waals surface area contributed by atoms with Crippen LogP contribution >= 0.6 is 11.6 Å². The van der Waals surface area contributed by atoms with E-state index in [1.807, 2.05) is 0 Å². The van der Waals surface area contributed by atoms with E-state index in [1.165, 1.54) is 26.1 Å². The number of sulfonamides is 1. The molecule has 0 aromatic heterocycles. The first-order chi connectivity index (χ1) is 12.3. The van der Waals surface area contributed by atoms with Gasteiger partial charge in [0, 0.05) is 13.1 Å². The van der Waals surface area contributed by atoms with Gasteiger partial charge in [0.15, 0.2) is 6.10 Å². The van der Waals surface area contributed by atoms with E-state index in [9.17, 15) is 18.0 Å². The van der Waals surface area contributed by atoms with Crippen LogP contribution in [0.4, 0.5) is 0 Å². The lowest BCUT2D eigenvalue weighted by molar-refractivity contribution is -0.139. The fraction of sp³-hybridized carbons (Fsp3) is 0.529. The highest BCUT2D eigenvalue weighted by molar-refractivity contribution is 7.89. The van der Waals surface area contributed by atoms with Gasteiger partial charge in [-0.05, 0) is 45.0 Å². The Balaban J connectivity index is 2.13. The Morgan fingerprint density at radius 2 is 1.81 bits per heavy atom. The largest absolute Gasteiger partial charge is 0.449 e. The molecule has 9 heteroatoms. The first-order valence-electron chi connectivity index (χ1n) is 8.49. The van der Waals surface area contributed by atoms with Gasteiger partial charge >= 0.3 is 5.97 Å². The number of ether oxygens (including phenoxy) is 1. The lowest BCUT2D eigenvalue weighted by Gasteiger charge is -2.24. The number of esters is 1. The second-order valence-electron chi connectivity index (χ2n) is 6.14. The predicted molar refractivity (Wildman–Crippen MR) is 97.6 cm³/mol. The smallest absolute Gasteiger partial charge is 0.340 e. The van der Waals surface area contributed by atoms with E-state index < -0.39 is 22.1 Å². The number of nitrogens with zero attached hydrogens (tertiary/aromatic N) is 1. The molecule has 1 atom stereocenters. The van der Waals surface area contributed by atoms with E-state index in [2.05, 4.69) is 4.72 Å². The van der Waals surface area contributed by atoms with Gasteiger partial charge in [-0.15, -0.1) is 0 Å². The number of nitrogens with one attached hydrogen (secondary N) is 1. The summed E-state index contributed by atoms with van der Waals surface area (Å²) in [5.74, 6) is -1.09. The zero-order chi connectivity index (χ0) is 19.3. The molecule has 1 aliphatic rings. The molecule has 0 saturated carbocycles. The Kier molecular flexibility index (Phi) is 7.02. The molecule has 1 aromatic carbocycles. The van der Waals surface area contributed by atoms with Gasteiger partial charge in [-0.3, -0.25) is 4.79 Å². The molecule has 2 rings (SSSR count). The Labute approximate surface area is 158 Å². The molecule has 1 aromatic rings. The second-order valence-corrected chi connectivity index (χ2v) is 8.43. The first kappa shape index (κ1) is 20.7. The van der Waals surface area contributed by atoms with Crippen molar-refractivity contribution in [3.05, 3.63) is 28.8 Å². The van der Waals surface area contributed by atoms with Crippen LogP contribution in [0.25, 0.3) is 0 Å². The number of rotatable bonds is 5. The van der Waals surface area contributed by atoms with Crippen LogP contribution < -0.4 is 4.72 Å². The molecule has 1 aliphatic heterocycles. The van der Waals surface area contributed by atoms with Gasteiger partial charge in [0.1, 0.15) is 0 Å². The minimum absolute atomic E-state index is 0.0551. The van der Waals surface area contributed by atoms with Crippen molar-refractivity contribution in [1.82, 2.24) is 9.62 Å². The summed E-state index contributed by atoms with van der Waals surface area (Å²) in [6, 6.07) is 3.74. The molecule has 0 radical (unpaired) electrons. The molecule has 1 amide bonds. The number of amides is 1. The summed E-state index contributed by atoms with van der Waals surface area (Å²) >= 11 is 6.01. The van der Waals surface area contributed by atoms with Crippen LogP contribution in [0, 0.1) is 0 Å². The summed E-state index contributed by atoms with van der Waals surface area (Å²) in [4.78, 5) is 26.5. The average molecular weight is 403 g/mol. The molecule has 1 saturated heterocycles. The van der Waals surface area contributed by atoms with E-state index in [-0.39, 0.29) is 21.4 Å². The van der Waals surface area contributed by atoms with Gasteiger partial charge in [-0.25, -0.2) is 17.9 Å². The molecular weight excluding hydrogens is 380 g/mol. The molecule has 0 spiro atoms. The number of carbonyl (C=O) groups excluding carboxylic acids is 2. The number of benzene rings is 1. The average Bonchev–Trinajstić information content (AvgIpc) is 2.90. The minimum atomic E-state index is -3.73. The van der Waals surface area contributed by atoms with Crippen molar-refractivity contribution >= 4 is 33.5 Å². The Morgan fingerprint density at radius 3 is 2.38 bits per heavy atom. The lowest BCUT2D eigenvalue weighted by Crippen LogP contribution is -2.40. The maximum absolute atomic E-state index is 12.5. The highest BCUT2D eigenvalue weighted by atomic mass is 35.5. The third-order valence-electron chi connectivity index (χ3n) is 4.29. The summed E-state index contributed by atoms with van der Waals surface area (Å²) in [6.45, 7) is 2.81. The Hall–Kier alpha value is -1.64. The van der Waals surface area contributed by atoms with E-state index in [4.69, 9.17) is 16.3 Å². The van der Waals surface area contributed by atoms with Gasteiger partial charge in [-0.1, -0.05) is 24.4 Å². The first-order valence-corrected chi connectivity index (χ1v) is 10.3. The third kappa shape index (κ3) is 4.96. The minimum Gasteiger partial charge on any atom is -0.449 e. The molecule has 26 heavy (non-hydrogen) atoms. The molecule has 0 unspecified atom stereocenters. The molecular formula is C17H23ClN2O5S. The molecule has 0 aliphatic carbocycles. The molecule has 0 bridgehead atoms. The van der Waals surface area contributed by atoms with Crippen molar-refractivity contribution in [3.8, 4) is 0 Å². The number of halogens is 1. The van der Waals surface area contributed by atoms with Crippen LogP contribution in [0.5, 0.6) is 0 Å². The van der Waals surface area contributed by atoms with Crippen molar-refractivity contribution in [3.63, 3.8) is 0 Å². The second kappa shape index (κ2) is 8.83. The standard InChI is InChI=1S/C17H23ClN2O5S/c1-12(16(21)20-9-5-3-4-6-10-20)25-17(22)14-11-13(7-8-15(14)18)26(23,24)19-2/h7-8,11-12,19H,3-6,9-10H2,1-2H3/t12-/m0/s1. The highest BCUT2D eigenvalue weighted by Gasteiger charge is 2.26. The highest BCUT2D eigenvalue weighted by Crippen LogP contribution is 2.22. The van der Waals surface area contributed by atoms with Crippen LogP contribution in [0.3, 0.4) is 0 Å². The zero-order valence-electron chi connectivity index (χ0n) is 14.8. The number of likely N-dealkylation sites (tertiary alicyclic amines) is 1. The van der Waals surface area contributed by atoms with Gasteiger partial charge in [0.25, 0.3) is 5.91 Å². The fourth-order valence-corrected chi connectivity index (χ4v) is 3.72. The van der Waals surface area contributed by atoms with E-state index in [1.54, 1.807) is 4.90 Å². The maximum atomic E-state index is 12.5. The van der Waals surface area contributed by atoms with Crippen LogP contribution in [-0.2, 0) is 19.6 Å². The Morgan fingerprint density at radius 1 is 1.19 bits per heavy atom. The molecule has 7 nitrogen and oxygen atoms in total. The van der Waals surface area contributed by atoms with Crippen LogP contribution in [0.1, 0.15) is 43.0 Å². The quantitative estimate of drug-likeness (QED) is 0.762. The summed E-state index contributed by atoms with van der Waals surface area (Å²) < 4.78 is 31.2. The van der Waals surface area contributed by atoms with Crippen LogP contribution in [-0.4, -0.2) is 51.4 Å². The summed E-state index contributed by atoms with van der Waals surface area (Å²) in [7, 11) is -2.46. The fourth-order valence-electron chi connectivity index (χ4n) is 2.77. The topological polar surface area (TPSA) is 92.8 Å². The lowest BCUT2D eigenvalue weighted by atomic mass is 10.2. The van der Waals surface area contributed by atoms with Gasteiger partial charge in [-0.2, -0.15) is 0 Å². The van der Waals surface area contributed by atoms with Crippen molar-refractivity contribution < 1.29 is 22.7 Å². The number of carbonyl (C=O) groups is 2. The van der Waals surface area contributed by atoms with Crippen molar-refractivity contribution in [2.75, 3.05) is 20.1 Å².